The monoisotopic (exact) mass is 816 g/mol. The first kappa shape index (κ1) is 44.2. The molecule has 16 heteroatoms. The third kappa shape index (κ3) is 6.99. The van der Waals surface area contributed by atoms with E-state index < -0.39 is 132 Å². The fourth-order valence-corrected chi connectivity index (χ4v) is 12.4. The van der Waals surface area contributed by atoms with Crippen molar-refractivity contribution in [2.75, 3.05) is 14.2 Å². The molecular weight excluding hydrogens is 748 g/mol. The summed E-state index contributed by atoms with van der Waals surface area (Å²) >= 11 is 0. The van der Waals surface area contributed by atoms with Gasteiger partial charge in [-0.05, 0) is 77.6 Å². The van der Waals surface area contributed by atoms with Crippen LogP contribution in [0.2, 0.25) is 0 Å². The van der Waals surface area contributed by atoms with E-state index in [1.807, 2.05) is 13.0 Å². The lowest BCUT2D eigenvalue weighted by molar-refractivity contribution is -0.351. The molecule has 0 aromatic carbocycles. The quantitative estimate of drug-likeness (QED) is 0.147. The maximum atomic E-state index is 12.5. The Bertz CT molecular complexity index is 1440. The minimum Gasteiger partial charge on any atom is -0.393 e. The number of hydrogen-bond donors (Lipinski definition) is 8. The van der Waals surface area contributed by atoms with Gasteiger partial charge in [0.25, 0.3) is 0 Å². The van der Waals surface area contributed by atoms with Gasteiger partial charge in [0.15, 0.2) is 18.9 Å². The number of hydrogen-bond acceptors (Lipinski definition) is 16. The van der Waals surface area contributed by atoms with Crippen molar-refractivity contribution in [2.24, 2.45) is 22.7 Å². The molecule has 4 aliphatic carbocycles. The van der Waals surface area contributed by atoms with Crippen molar-refractivity contribution < 1.29 is 78.7 Å². The lowest BCUT2D eigenvalue weighted by Gasteiger charge is -2.68. The predicted octanol–water partition coefficient (Wildman–Crippen LogP) is 0.401. The smallest absolute Gasteiger partial charge is 0.187 e. The number of methoxy groups -OCH3 is 2. The fraction of sp³-hybridized carbons (Fsp3) is 0.951. The summed E-state index contributed by atoms with van der Waals surface area (Å²) in [6.45, 7) is 10.6. The van der Waals surface area contributed by atoms with Gasteiger partial charge >= 0.3 is 0 Å². The Morgan fingerprint density at radius 1 is 0.754 bits per heavy atom. The summed E-state index contributed by atoms with van der Waals surface area (Å²) in [5.41, 5.74) is -4.47. The maximum absolute atomic E-state index is 12.5. The predicted molar refractivity (Wildman–Crippen MR) is 199 cm³/mol. The highest BCUT2D eigenvalue weighted by molar-refractivity contribution is 5.36. The molecule has 3 aliphatic heterocycles. The molecule has 0 spiro atoms. The first-order valence-corrected chi connectivity index (χ1v) is 21.0. The van der Waals surface area contributed by atoms with E-state index in [4.69, 9.17) is 37.9 Å². The highest BCUT2D eigenvalue weighted by Crippen LogP contribution is 2.69. The van der Waals surface area contributed by atoms with Gasteiger partial charge in [0.2, 0.25) is 0 Å². The van der Waals surface area contributed by atoms with Crippen molar-refractivity contribution in [1.29, 1.82) is 0 Å². The summed E-state index contributed by atoms with van der Waals surface area (Å²) in [6.07, 6.45) is -9.48. The van der Waals surface area contributed by atoms with Gasteiger partial charge in [0, 0.05) is 38.4 Å². The number of rotatable bonds is 9. The molecule has 0 bridgehead atoms. The number of ether oxygens (including phenoxy) is 8. The van der Waals surface area contributed by atoms with Crippen LogP contribution in [-0.2, 0) is 37.9 Å². The van der Waals surface area contributed by atoms with Crippen LogP contribution < -0.4 is 0 Å². The molecule has 16 nitrogen and oxygen atoms in total. The SMILES string of the molecule is CO[C@H]1[C@@H](O)[C@H](O[C@H]2[C@@H](OC)C[C@H](O[C@H]3[C@@H](O)C[C@H](O[C@@H]4CC[C@@]5(C)C(=CC[C@]6(O)[C@@H]5[C@H](O)[C@@H](O)[C@]5(C)[C@H]([C@@H](C)O)CC[C@]56O)C4)O[C@@H]3C)O[C@@H]2C)O[C@H](C)[C@H]1O. The zero-order valence-corrected chi connectivity index (χ0v) is 34.5. The summed E-state index contributed by atoms with van der Waals surface area (Å²) in [6, 6.07) is 0. The van der Waals surface area contributed by atoms with Crippen LogP contribution in [0.1, 0.15) is 92.9 Å². The lowest BCUT2D eigenvalue weighted by atomic mass is 9.42. The second-order valence-corrected chi connectivity index (χ2v) is 18.7. The summed E-state index contributed by atoms with van der Waals surface area (Å²) < 4.78 is 48.3. The molecule has 57 heavy (non-hydrogen) atoms. The molecule has 3 saturated carbocycles. The second kappa shape index (κ2) is 16.1. The van der Waals surface area contributed by atoms with Crippen LogP contribution >= 0.6 is 0 Å². The molecule has 0 aromatic heterocycles. The van der Waals surface area contributed by atoms with Crippen molar-refractivity contribution in [3.8, 4) is 0 Å². The average molecular weight is 817 g/mol. The Hall–Kier alpha value is -0.900. The molecule has 0 aromatic rings. The van der Waals surface area contributed by atoms with E-state index in [1.54, 1.807) is 41.7 Å². The number of aliphatic hydroxyl groups is 8. The highest BCUT2D eigenvalue weighted by Gasteiger charge is 2.78. The van der Waals surface area contributed by atoms with Gasteiger partial charge in [-0.2, -0.15) is 0 Å². The average Bonchev–Trinajstić information content (AvgIpc) is 3.45. The van der Waals surface area contributed by atoms with Gasteiger partial charge in [0.1, 0.15) is 41.7 Å². The van der Waals surface area contributed by atoms with E-state index in [1.165, 1.54) is 7.11 Å². The van der Waals surface area contributed by atoms with Crippen LogP contribution in [0.25, 0.3) is 0 Å². The van der Waals surface area contributed by atoms with Crippen LogP contribution in [0.3, 0.4) is 0 Å². The zero-order valence-electron chi connectivity index (χ0n) is 34.5. The van der Waals surface area contributed by atoms with E-state index in [9.17, 15) is 40.9 Å². The molecule has 0 radical (unpaired) electrons. The number of fused-ring (bicyclic) bond motifs is 5. The molecule has 3 saturated heterocycles. The Morgan fingerprint density at radius 2 is 1.42 bits per heavy atom. The first-order valence-electron chi connectivity index (χ1n) is 21.0. The first-order chi connectivity index (χ1) is 26.7. The zero-order chi connectivity index (χ0) is 41.6. The van der Waals surface area contributed by atoms with E-state index in [0.717, 1.165) is 5.57 Å². The maximum Gasteiger partial charge on any atom is 0.187 e. The molecule has 7 aliphatic rings. The van der Waals surface area contributed by atoms with Gasteiger partial charge in [-0.1, -0.05) is 25.5 Å². The standard InChI is InChI=1S/C41H68O16/c1-18(42)24-11-14-41(49)39(24,6)36(47)31(46)35-38(5)12-10-23(15-22(38)9-13-40(35,41)48)55-27-16-25(43)32(20(3)52-27)56-28-17-26(50-7)33(21(4)53-28)57-37-30(45)34(51-8)29(44)19(2)54-37/h9,18-21,23-37,42-49H,10-17H2,1-8H3/t18-,19-,20-,21-,23-,24+,25+,26+,27+,28+,29-,30-,31+,32-,33-,34-,35-,36-,37+,38+,39+,40+,41+/m1/s1. The molecule has 0 amide bonds. The number of aliphatic hydroxyl groups excluding tert-OH is 6. The van der Waals surface area contributed by atoms with Crippen molar-refractivity contribution in [3.63, 3.8) is 0 Å². The van der Waals surface area contributed by atoms with Crippen molar-refractivity contribution >= 4 is 0 Å². The summed E-state index contributed by atoms with van der Waals surface area (Å²) in [5, 5.41) is 91.5. The normalized spacial score (nSPS) is 56.0. The molecule has 0 unspecified atom stereocenters. The Morgan fingerprint density at radius 3 is 2.05 bits per heavy atom. The molecule has 6 fully saturated rings. The third-order valence-electron chi connectivity index (χ3n) is 15.6. The van der Waals surface area contributed by atoms with Crippen molar-refractivity contribution in [1.82, 2.24) is 0 Å². The fourth-order valence-electron chi connectivity index (χ4n) is 12.4. The topological polar surface area (TPSA) is 236 Å². The molecule has 8 N–H and O–H groups in total. The van der Waals surface area contributed by atoms with E-state index in [-0.39, 0.29) is 31.8 Å². The van der Waals surface area contributed by atoms with Crippen molar-refractivity contribution in [3.05, 3.63) is 11.6 Å². The molecule has 328 valence electrons. The lowest BCUT2D eigenvalue weighted by Crippen LogP contribution is -2.79. The summed E-state index contributed by atoms with van der Waals surface area (Å²) in [7, 11) is 2.95. The minimum absolute atomic E-state index is 0.0962. The van der Waals surface area contributed by atoms with E-state index >= 15 is 0 Å². The van der Waals surface area contributed by atoms with E-state index in [2.05, 4.69) is 0 Å². The van der Waals surface area contributed by atoms with Crippen LogP contribution in [0.15, 0.2) is 11.6 Å². The molecular formula is C41H68O16. The summed E-state index contributed by atoms with van der Waals surface area (Å²) in [4.78, 5) is 0. The van der Waals surface area contributed by atoms with Crippen LogP contribution in [-0.4, -0.2) is 171 Å². The van der Waals surface area contributed by atoms with Crippen LogP contribution in [0.5, 0.6) is 0 Å². The Kier molecular flexibility index (Phi) is 12.5. The van der Waals surface area contributed by atoms with Gasteiger partial charge in [-0.15, -0.1) is 0 Å². The van der Waals surface area contributed by atoms with Gasteiger partial charge in [0.05, 0.1) is 54.9 Å². The molecule has 3 heterocycles. The minimum atomic E-state index is -1.71. The largest absolute Gasteiger partial charge is 0.393 e. The highest BCUT2D eigenvalue weighted by atomic mass is 16.7. The molecule has 23 atom stereocenters. The summed E-state index contributed by atoms with van der Waals surface area (Å²) in [5.74, 6) is -1.33. The molecule has 7 rings (SSSR count). The van der Waals surface area contributed by atoms with Gasteiger partial charge < -0.3 is 78.7 Å². The van der Waals surface area contributed by atoms with Crippen LogP contribution in [0, 0.1) is 22.7 Å². The van der Waals surface area contributed by atoms with Crippen LogP contribution in [0.4, 0.5) is 0 Å². The Labute approximate surface area is 335 Å². The van der Waals surface area contributed by atoms with E-state index in [0.29, 0.717) is 25.7 Å². The third-order valence-corrected chi connectivity index (χ3v) is 15.6. The second-order valence-electron chi connectivity index (χ2n) is 18.7. The van der Waals surface area contributed by atoms with Gasteiger partial charge in [-0.3, -0.25) is 0 Å². The Balaban J connectivity index is 0.958. The van der Waals surface area contributed by atoms with Gasteiger partial charge in [-0.25, -0.2) is 0 Å². The van der Waals surface area contributed by atoms with Crippen molar-refractivity contribution in [2.45, 2.75) is 208 Å².